The second-order valence-electron chi connectivity index (χ2n) is 6.37. The van der Waals surface area contributed by atoms with Crippen molar-refractivity contribution in [3.63, 3.8) is 0 Å². The van der Waals surface area contributed by atoms with Crippen LogP contribution in [0.15, 0.2) is 47.4 Å². The van der Waals surface area contributed by atoms with Crippen molar-refractivity contribution in [2.45, 2.75) is 25.7 Å². The summed E-state index contributed by atoms with van der Waals surface area (Å²) in [5.74, 6) is 0.210. The number of likely N-dealkylation sites (tertiary alicyclic amines) is 1. The molecular weight excluding hydrogens is 307 g/mol. The van der Waals surface area contributed by atoms with Crippen molar-refractivity contribution < 1.29 is 9.18 Å². The number of nitrogens with one attached hydrogen (secondary N) is 1. The molecule has 0 unspecified atom stereocenters. The van der Waals surface area contributed by atoms with E-state index in [-0.39, 0.29) is 17.3 Å². The maximum atomic E-state index is 12.9. The summed E-state index contributed by atoms with van der Waals surface area (Å²) in [6.07, 6.45) is 5.46. The van der Waals surface area contributed by atoms with E-state index in [0.29, 0.717) is 11.5 Å². The molecule has 3 rings (SSSR count). The summed E-state index contributed by atoms with van der Waals surface area (Å²) in [6.45, 7) is 1.49. The molecule has 0 spiro atoms. The quantitative estimate of drug-likeness (QED) is 0.938. The molecule has 4 nitrogen and oxygen atoms in total. The highest BCUT2D eigenvalue weighted by atomic mass is 19.1. The number of aromatic nitrogens is 1. The first-order chi connectivity index (χ1) is 11.6. The molecular formula is C19H21FN2O2. The van der Waals surface area contributed by atoms with Gasteiger partial charge in [-0.15, -0.1) is 0 Å². The zero-order valence-corrected chi connectivity index (χ0v) is 13.5. The zero-order valence-electron chi connectivity index (χ0n) is 13.5. The van der Waals surface area contributed by atoms with Crippen LogP contribution in [0.25, 0.3) is 0 Å². The van der Waals surface area contributed by atoms with Crippen LogP contribution >= 0.6 is 0 Å². The number of hydrogen-bond acceptors (Lipinski definition) is 2. The first-order valence-electron chi connectivity index (χ1n) is 8.34. The van der Waals surface area contributed by atoms with E-state index in [0.717, 1.165) is 44.3 Å². The van der Waals surface area contributed by atoms with Gasteiger partial charge in [-0.1, -0.05) is 12.1 Å². The van der Waals surface area contributed by atoms with Crippen LogP contribution in [0.3, 0.4) is 0 Å². The van der Waals surface area contributed by atoms with Gasteiger partial charge >= 0.3 is 0 Å². The largest absolute Gasteiger partial charge is 0.338 e. The average molecular weight is 328 g/mol. The Morgan fingerprint density at radius 1 is 1.21 bits per heavy atom. The molecule has 1 aliphatic heterocycles. The second-order valence-corrected chi connectivity index (χ2v) is 6.37. The van der Waals surface area contributed by atoms with Gasteiger partial charge in [0.25, 0.3) is 5.91 Å². The minimum Gasteiger partial charge on any atom is -0.338 e. The Balaban J connectivity index is 1.57. The smallest absolute Gasteiger partial charge is 0.255 e. The van der Waals surface area contributed by atoms with Crippen LogP contribution in [0, 0.1) is 11.7 Å². The Morgan fingerprint density at radius 2 is 2.00 bits per heavy atom. The molecule has 0 saturated carbocycles. The van der Waals surface area contributed by atoms with Gasteiger partial charge in [-0.2, -0.15) is 0 Å². The number of benzene rings is 1. The van der Waals surface area contributed by atoms with Gasteiger partial charge in [0.2, 0.25) is 5.56 Å². The standard InChI is InChI=1S/C19H21FN2O2/c20-17-8-5-14(6-9-17)3-4-15-2-1-11-22(13-15)19(24)16-7-10-18(23)21-12-16/h5-10,12,15H,1-4,11,13H2,(H,21,23)/t15-/m1/s1. The number of aromatic amines is 1. The summed E-state index contributed by atoms with van der Waals surface area (Å²) in [5.41, 5.74) is 1.44. The van der Waals surface area contributed by atoms with Gasteiger partial charge < -0.3 is 9.88 Å². The van der Waals surface area contributed by atoms with Crippen LogP contribution in [0.2, 0.25) is 0 Å². The third kappa shape index (κ3) is 4.10. The second kappa shape index (κ2) is 7.43. The molecule has 2 heterocycles. The number of piperidine rings is 1. The molecule has 0 aliphatic carbocycles. The molecule has 0 radical (unpaired) electrons. The molecule has 1 amide bonds. The minimum atomic E-state index is -0.214. The van der Waals surface area contributed by atoms with Crippen molar-refractivity contribution in [2.24, 2.45) is 5.92 Å². The van der Waals surface area contributed by atoms with E-state index in [2.05, 4.69) is 4.98 Å². The first kappa shape index (κ1) is 16.4. The van der Waals surface area contributed by atoms with Crippen molar-refractivity contribution in [3.05, 3.63) is 69.9 Å². The lowest BCUT2D eigenvalue weighted by Crippen LogP contribution is -2.40. The van der Waals surface area contributed by atoms with Gasteiger partial charge in [-0.25, -0.2) is 4.39 Å². The predicted molar refractivity (Wildman–Crippen MR) is 90.4 cm³/mol. The molecule has 1 aromatic heterocycles. The summed E-state index contributed by atoms with van der Waals surface area (Å²) in [6, 6.07) is 9.57. The van der Waals surface area contributed by atoms with E-state index in [9.17, 15) is 14.0 Å². The molecule has 1 N–H and O–H groups in total. The highest BCUT2D eigenvalue weighted by Gasteiger charge is 2.24. The number of H-pyrrole nitrogens is 1. The molecule has 1 aromatic carbocycles. The Labute approximate surface area is 140 Å². The molecule has 5 heteroatoms. The highest BCUT2D eigenvalue weighted by Crippen LogP contribution is 2.23. The van der Waals surface area contributed by atoms with E-state index in [1.807, 2.05) is 17.0 Å². The third-order valence-electron chi connectivity index (χ3n) is 4.59. The highest BCUT2D eigenvalue weighted by molar-refractivity contribution is 5.93. The lowest BCUT2D eigenvalue weighted by atomic mass is 9.91. The number of rotatable bonds is 4. The number of hydrogen-bond donors (Lipinski definition) is 1. The number of pyridine rings is 1. The molecule has 2 aromatic rings. The normalized spacial score (nSPS) is 17.7. The minimum absolute atomic E-state index is 0.0299. The molecule has 126 valence electrons. The fraction of sp³-hybridized carbons (Fsp3) is 0.368. The molecule has 1 aliphatic rings. The third-order valence-corrected chi connectivity index (χ3v) is 4.59. The Hall–Kier alpha value is -2.43. The SMILES string of the molecule is O=C(c1ccc(=O)[nH]c1)N1CCC[C@H](CCc2ccc(F)cc2)C1. The molecule has 1 fully saturated rings. The molecule has 24 heavy (non-hydrogen) atoms. The van der Waals surface area contributed by atoms with Crippen LogP contribution < -0.4 is 5.56 Å². The van der Waals surface area contributed by atoms with E-state index in [1.54, 1.807) is 6.07 Å². The number of aryl methyl sites for hydroxylation is 1. The Morgan fingerprint density at radius 3 is 2.71 bits per heavy atom. The van der Waals surface area contributed by atoms with Crippen molar-refractivity contribution in [3.8, 4) is 0 Å². The van der Waals surface area contributed by atoms with Gasteiger partial charge in [-0.05, 0) is 55.4 Å². The summed E-state index contributed by atoms with van der Waals surface area (Å²) in [7, 11) is 0. The van der Waals surface area contributed by atoms with Gasteiger partial charge in [0.15, 0.2) is 0 Å². The number of carbonyl (C=O) groups is 1. The Bertz CT molecular complexity index is 734. The Kier molecular flexibility index (Phi) is 5.08. The van der Waals surface area contributed by atoms with Crippen LogP contribution in [0.5, 0.6) is 0 Å². The van der Waals surface area contributed by atoms with E-state index in [1.165, 1.54) is 24.4 Å². The maximum absolute atomic E-state index is 12.9. The molecule has 1 saturated heterocycles. The molecule has 0 bridgehead atoms. The fourth-order valence-corrected chi connectivity index (χ4v) is 3.23. The van der Waals surface area contributed by atoms with E-state index >= 15 is 0 Å². The summed E-state index contributed by atoms with van der Waals surface area (Å²) < 4.78 is 12.9. The van der Waals surface area contributed by atoms with E-state index < -0.39 is 0 Å². The topological polar surface area (TPSA) is 53.2 Å². The predicted octanol–water partition coefficient (Wildman–Crippen LogP) is 3.00. The number of nitrogens with zero attached hydrogens (tertiary/aromatic N) is 1. The zero-order chi connectivity index (χ0) is 16.9. The van der Waals surface area contributed by atoms with Crippen LogP contribution in [-0.4, -0.2) is 28.9 Å². The van der Waals surface area contributed by atoms with Crippen LogP contribution in [-0.2, 0) is 6.42 Å². The summed E-state index contributed by atoms with van der Waals surface area (Å²) in [5, 5.41) is 0. The number of halogens is 1. The van der Waals surface area contributed by atoms with Gasteiger partial charge in [0, 0.05) is 25.4 Å². The van der Waals surface area contributed by atoms with Crippen molar-refractivity contribution >= 4 is 5.91 Å². The first-order valence-corrected chi connectivity index (χ1v) is 8.34. The van der Waals surface area contributed by atoms with Crippen LogP contribution in [0.4, 0.5) is 4.39 Å². The maximum Gasteiger partial charge on any atom is 0.255 e. The molecule has 1 atom stereocenters. The summed E-state index contributed by atoms with van der Waals surface area (Å²) >= 11 is 0. The number of carbonyl (C=O) groups excluding carboxylic acids is 1. The van der Waals surface area contributed by atoms with Gasteiger partial charge in [0.05, 0.1) is 5.56 Å². The lowest BCUT2D eigenvalue weighted by Gasteiger charge is -2.33. The van der Waals surface area contributed by atoms with Crippen molar-refractivity contribution in [1.82, 2.24) is 9.88 Å². The fourth-order valence-electron chi connectivity index (χ4n) is 3.23. The monoisotopic (exact) mass is 328 g/mol. The van der Waals surface area contributed by atoms with Gasteiger partial charge in [-0.3, -0.25) is 9.59 Å². The number of amides is 1. The van der Waals surface area contributed by atoms with Gasteiger partial charge in [0.1, 0.15) is 5.82 Å². The van der Waals surface area contributed by atoms with E-state index in [4.69, 9.17) is 0 Å². The average Bonchev–Trinajstić information content (AvgIpc) is 2.61. The van der Waals surface area contributed by atoms with Crippen molar-refractivity contribution in [1.29, 1.82) is 0 Å². The van der Waals surface area contributed by atoms with Crippen LogP contribution in [0.1, 0.15) is 35.2 Å². The lowest BCUT2D eigenvalue weighted by molar-refractivity contribution is 0.0668. The summed E-state index contributed by atoms with van der Waals surface area (Å²) in [4.78, 5) is 28.1. The van der Waals surface area contributed by atoms with Crippen molar-refractivity contribution in [2.75, 3.05) is 13.1 Å².